The Hall–Kier alpha value is -1.96. The van der Waals surface area contributed by atoms with Crippen LogP contribution in [0.4, 0.5) is 23.7 Å². The van der Waals surface area contributed by atoms with Crippen LogP contribution in [0.25, 0.3) is 0 Å². The lowest BCUT2D eigenvalue weighted by Crippen LogP contribution is -2.37. The summed E-state index contributed by atoms with van der Waals surface area (Å²) in [4.78, 5) is 11.4. The van der Waals surface area contributed by atoms with Crippen molar-refractivity contribution in [1.29, 1.82) is 0 Å². The van der Waals surface area contributed by atoms with E-state index in [0.29, 0.717) is 11.3 Å². The highest BCUT2D eigenvalue weighted by Gasteiger charge is 2.27. The van der Waals surface area contributed by atoms with Gasteiger partial charge in [0.25, 0.3) is 0 Å². The van der Waals surface area contributed by atoms with Crippen molar-refractivity contribution in [3.8, 4) is 5.75 Å². The fourth-order valence-electron chi connectivity index (χ4n) is 1.40. The first-order valence-electron chi connectivity index (χ1n) is 5.35. The molecule has 0 radical (unpaired) electrons. The molecule has 8 heteroatoms. The third-order valence-electron chi connectivity index (χ3n) is 2.24. The van der Waals surface area contributed by atoms with Gasteiger partial charge in [0.05, 0.1) is 12.8 Å². The number of ether oxygens (including phenoxy) is 1. The Kier molecular flexibility index (Phi) is 4.99. The van der Waals surface area contributed by atoms with E-state index < -0.39 is 18.8 Å². The number of urea groups is 1. The first-order chi connectivity index (χ1) is 8.87. The summed E-state index contributed by atoms with van der Waals surface area (Å²) in [6.07, 6.45) is -4.46. The second-order valence-electron chi connectivity index (χ2n) is 3.62. The standard InChI is InChI=1S/C11H14F3N3O2/c1-19-8-4-2-3-7(5-15)9(8)17-10(18)16-6-11(12,13)14/h2-4H,5-6,15H2,1H3,(H2,16,17,18). The van der Waals surface area contributed by atoms with Crippen LogP contribution in [-0.2, 0) is 6.54 Å². The molecule has 5 nitrogen and oxygen atoms in total. The Labute approximate surface area is 107 Å². The molecule has 0 saturated heterocycles. The van der Waals surface area contributed by atoms with E-state index in [1.807, 2.05) is 0 Å². The summed E-state index contributed by atoms with van der Waals surface area (Å²) in [5, 5.41) is 4.00. The number of nitrogens with two attached hydrogens (primary N) is 1. The lowest BCUT2D eigenvalue weighted by Gasteiger charge is -2.15. The number of methoxy groups -OCH3 is 1. The number of rotatable bonds is 4. The molecule has 19 heavy (non-hydrogen) atoms. The topological polar surface area (TPSA) is 76.4 Å². The van der Waals surface area contributed by atoms with Crippen molar-refractivity contribution in [1.82, 2.24) is 5.32 Å². The number of nitrogens with one attached hydrogen (secondary N) is 2. The summed E-state index contributed by atoms with van der Waals surface area (Å²) in [6, 6.07) is 3.90. The van der Waals surface area contributed by atoms with Crippen LogP contribution in [0.2, 0.25) is 0 Å². The summed E-state index contributed by atoms with van der Waals surface area (Å²) in [5.41, 5.74) is 6.30. The summed E-state index contributed by atoms with van der Waals surface area (Å²) in [5.74, 6) is 0.324. The van der Waals surface area contributed by atoms with E-state index in [9.17, 15) is 18.0 Å². The van der Waals surface area contributed by atoms with Crippen LogP contribution in [0, 0.1) is 0 Å². The van der Waals surface area contributed by atoms with Crippen molar-refractivity contribution < 1.29 is 22.7 Å². The Morgan fingerprint density at radius 1 is 1.42 bits per heavy atom. The highest BCUT2D eigenvalue weighted by Crippen LogP contribution is 2.28. The summed E-state index contributed by atoms with van der Waals surface area (Å²) in [7, 11) is 1.38. The maximum Gasteiger partial charge on any atom is 0.405 e. The van der Waals surface area contributed by atoms with E-state index in [2.05, 4.69) is 5.32 Å². The Morgan fingerprint density at radius 3 is 2.63 bits per heavy atom. The van der Waals surface area contributed by atoms with Crippen LogP contribution in [0.15, 0.2) is 18.2 Å². The van der Waals surface area contributed by atoms with Crippen molar-refractivity contribution in [3.63, 3.8) is 0 Å². The van der Waals surface area contributed by atoms with Crippen LogP contribution in [-0.4, -0.2) is 25.9 Å². The van der Waals surface area contributed by atoms with Crippen LogP contribution in [0.1, 0.15) is 5.56 Å². The zero-order chi connectivity index (χ0) is 14.5. The predicted octanol–water partition coefficient (Wildman–Crippen LogP) is 1.84. The van der Waals surface area contributed by atoms with E-state index in [0.717, 1.165) is 0 Å². The molecule has 1 rings (SSSR count). The third kappa shape index (κ3) is 4.66. The van der Waals surface area contributed by atoms with Gasteiger partial charge in [-0.2, -0.15) is 13.2 Å². The normalized spacial score (nSPS) is 11.0. The fourth-order valence-corrected chi connectivity index (χ4v) is 1.40. The van der Waals surface area contributed by atoms with Crippen molar-refractivity contribution in [3.05, 3.63) is 23.8 Å². The second-order valence-corrected chi connectivity index (χ2v) is 3.62. The molecule has 0 aliphatic rings. The Morgan fingerprint density at radius 2 is 2.11 bits per heavy atom. The molecule has 0 bridgehead atoms. The minimum absolute atomic E-state index is 0.117. The van der Waals surface area contributed by atoms with Gasteiger partial charge in [-0.05, 0) is 11.6 Å². The first kappa shape index (κ1) is 15.1. The highest BCUT2D eigenvalue weighted by atomic mass is 19.4. The van der Waals surface area contributed by atoms with Crippen LogP contribution < -0.4 is 21.1 Å². The molecule has 1 aromatic rings. The van der Waals surface area contributed by atoms with Gasteiger partial charge in [-0.25, -0.2) is 4.79 Å². The van der Waals surface area contributed by atoms with E-state index >= 15 is 0 Å². The zero-order valence-corrected chi connectivity index (χ0v) is 10.2. The molecule has 0 aliphatic heterocycles. The number of carbonyl (C=O) groups excluding carboxylic acids is 1. The number of benzene rings is 1. The van der Waals surface area contributed by atoms with Gasteiger partial charge in [0, 0.05) is 6.54 Å². The summed E-state index contributed by atoms with van der Waals surface area (Å²) < 4.78 is 40.9. The SMILES string of the molecule is COc1cccc(CN)c1NC(=O)NCC(F)(F)F. The summed E-state index contributed by atoms with van der Waals surface area (Å²) >= 11 is 0. The van der Waals surface area contributed by atoms with E-state index in [4.69, 9.17) is 10.5 Å². The zero-order valence-electron chi connectivity index (χ0n) is 10.2. The van der Waals surface area contributed by atoms with Crippen LogP contribution in [0.5, 0.6) is 5.75 Å². The molecule has 0 aromatic heterocycles. The van der Waals surface area contributed by atoms with Gasteiger partial charge in [-0.1, -0.05) is 12.1 Å². The smallest absolute Gasteiger partial charge is 0.405 e. The fraction of sp³-hybridized carbons (Fsp3) is 0.364. The number of halogens is 3. The average molecular weight is 277 g/mol. The average Bonchev–Trinajstić information content (AvgIpc) is 2.35. The Balaban J connectivity index is 2.78. The molecular formula is C11H14F3N3O2. The van der Waals surface area contributed by atoms with Crippen molar-refractivity contribution in [2.24, 2.45) is 5.73 Å². The minimum atomic E-state index is -4.46. The lowest BCUT2D eigenvalue weighted by atomic mass is 10.1. The van der Waals surface area contributed by atoms with Gasteiger partial charge in [-0.3, -0.25) is 0 Å². The second kappa shape index (κ2) is 6.28. The monoisotopic (exact) mass is 277 g/mol. The number of alkyl halides is 3. The maximum atomic E-state index is 12.0. The van der Waals surface area contributed by atoms with Gasteiger partial charge in [0.2, 0.25) is 0 Å². The number of hydrogen-bond acceptors (Lipinski definition) is 3. The van der Waals surface area contributed by atoms with Crippen LogP contribution in [0.3, 0.4) is 0 Å². The van der Waals surface area contributed by atoms with Crippen LogP contribution >= 0.6 is 0 Å². The number of amides is 2. The molecule has 0 unspecified atom stereocenters. The molecule has 0 spiro atoms. The van der Waals surface area contributed by atoms with E-state index in [1.165, 1.54) is 7.11 Å². The molecule has 0 aliphatic carbocycles. The van der Waals surface area contributed by atoms with E-state index in [1.54, 1.807) is 23.5 Å². The lowest BCUT2D eigenvalue weighted by molar-refractivity contribution is -0.122. The molecule has 1 aromatic carbocycles. The van der Waals surface area contributed by atoms with Gasteiger partial charge in [0.15, 0.2) is 0 Å². The van der Waals surface area contributed by atoms with Gasteiger partial charge in [-0.15, -0.1) is 0 Å². The quantitative estimate of drug-likeness (QED) is 0.786. The number of anilines is 1. The van der Waals surface area contributed by atoms with Gasteiger partial charge < -0.3 is 21.1 Å². The number of carbonyl (C=O) groups is 1. The molecule has 0 fully saturated rings. The maximum absolute atomic E-state index is 12.0. The largest absolute Gasteiger partial charge is 0.495 e. The van der Waals surface area contributed by atoms with Crippen molar-refractivity contribution in [2.75, 3.05) is 19.0 Å². The number of hydrogen-bond donors (Lipinski definition) is 3. The first-order valence-corrected chi connectivity index (χ1v) is 5.35. The summed E-state index contributed by atoms with van der Waals surface area (Å²) in [6.45, 7) is -1.29. The van der Waals surface area contributed by atoms with Gasteiger partial charge >= 0.3 is 12.2 Å². The molecule has 106 valence electrons. The third-order valence-corrected chi connectivity index (χ3v) is 2.24. The minimum Gasteiger partial charge on any atom is -0.495 e. The molecular weight excluding hydrogens is 263 g/mol. The molecule has 0 atom stereocenters. The van der Waals surface area contributed by atoms with Gasteiger partial charge in [0.1, 0.15) is 12.3 Å². The molecule has 0 heterocycles. The van der Waals surface area contributed by atoms with E-state index in [-0.39, 0.29) is 12.2 Å². The highest BCUT2D eigenvalue weighted by molar-refractivity contribution is 5.92. The number of para-hydroxylation sites is 1. The molecule has 4 N–H and O–H groups in total. The Bertz CT molecular complexity index is 427. The predicted molar refractivity (Wildman–Crippen MR) is 64.0 cm³/mol. The molecule has 2 amide bonds. The van der Waals surface area contributed by atoms with Crippen molar-refractivity contribution >= 4 is 11.7 Å². The van der Waals surface area contributed by atoms with Crippen molar-refractivity contribution in [2.45, 2.75) is 12.7 Å². The molecule has 0 saturated carbocycles.